The molecule has 6 nitrogen and oxygen atoms in total. The van der Waals surface area contributed by atoms with Crippen molar-refractivity contribution in [1.29, 1.82) is 0 Å². The average molecular weight is 449 g/mol. The van der Waals surface area contributed by atoms with Crippen LogP contribution < -0.4 is 11.1 Å². The molecule has 4 rings (SSSR count). The van der Waals surface area contributed by atoms with Crippen molar-refractivity contribution in [3.63, 3.8) is 0 Å². The molecule has 1 fully saturated rings. The van der Waals surface area contributed by atoms with Crippen LogP contribution >= 0.6 is 22.9 Å². The summed E-state index contributed by atoms with van der Waals surface area (Å²) in [6.07, 6.45) is 5.13. The second-order valence-electron chi connectivity index (χ2n) is 7.44. The van der Waals surface area contributed by atoms with Gasteiger partial charge in [0.05, 0.1) is 12.7 Å². The molecule has 3 N–H and O–H groups in total. The molecule has 0 saturated heterocycles. The summed E-state index contributed by atoms with van der Waals surface area (Å²) in [4.78, 5) is 22.0. The highest BCUT2D eigenvalue weighted by Gasteiger charge is 2.37. The Balaban J connectivity index is 1.86. The molecule has 0 radical (unpaired) electrons. The van der Waals surface area contributed by atoms with E-state index < -0.39 is 17.8 Å². The molecule has 9 heteroatoms. The number of aliphatic imine (C=N–C) groups is 1. The molecule has 158 valence electrons. The Hall–Kier alpha value is -2.29. The number of rotatable bonds is 4. The third-order valence-corrected chi connectivity index (χ3v) is 6.66. The van der Waals surface area contributed by atoms with Crippen LogP contribution in [0.5, 0.6) is 0 Å². The summed E-state index contributed by atoms with van der Waals surface area (Å²) in [6, 6.07) is 3.55. The quantitative estimate of drug-likeness (QED) is 0.691. The first kappa shape index (κ1) is 21.0. The minimum Gasteiger partial charge on any atom is -0.466 e. The van der Waals surface area contributed by atoms with Crippen molar-refractivity contribution in [2.24, 2.45) is 16.6 Å². The van der Waals surface area contributed by atoms with Gasteiger partial charge in [-0.1, -0.05) is 17.7 Å². The van der Waals surface area contributed by atoms with E-state index in [9.17, 15) is 9.18 Å². The molecule has 0 amide bonds. The molecule has 1 aliphatic heterocycles. The fraction of sp³-hybridized carbons (Fsp3) is 0.381. The van der Waals surface area contributed by atoms with Gasteiger partial charge in [-0.05, 0) is 43.7 Å². The smallest absolute Gasteiger partial charge is 0.338 e. The fourth-order valence-corrected chi connectivity index (χ4v) is 4.89. The Labute approximate surface area is 183 Å². The molecule has 1 aliphatic carbocycles. The van der Waals surface area contributed by atoms with Gasteiger partial charge in [0.2, 0.25) is 0 Å². The Kier molecular flexibility index (Phi) is 6.17. The van der Waals surface area contributed by atoms with E-state index in [1.807, 2.05) is 5.38 Å². The van der Waals surface area contributed by atoms with Crippen LogP contribution in [0.3, 0.4) is 0 Å². The van der Waals surface area contributed by atoms with Crippen LogP contribution in [-0.4, -0.2) is 29.9 Å². The summed E-state index contributed by atoms with van der Waals surface area (Å²) in [6.45, 7) is 0. The maximum atomic E-state index is 13.7. The largest absolute Gasteiger partial charge is 0.466 e. The maximum absolute atomic E-state index is 13.7. The lowest BCUT2D eigenvalue weighted by Crippen LogP contribution is -2.39. The van der Waals surface area contributed by atoms with Crippen molar-refractivity contribution in [2.75, 3.05) is 7.11 Å². The number of esters is 1. The molecular weight excluding hydrogens is 427 g/mol. The zero-order valence-electron chi connectivity index (χ0n) is 16.4. The zero-order valence-corrected chi connectivity index (χ0v) is 18.0. The highest BCUT2D eigenvalue weighted by Crippen LogP contribution is 2.40. The molecule has 30 heavy (non-hydrogen) atoms. The van der Waals surface area contributed by atoms with E-state index in [0.29, 0.717) is 22.0 Å². The van der Waals surface area contributed by atoms with Crippen LogP contribution in [0.4, 0.5) is 4.39 Å². The normalized spacial score (nSPS) is 24.3. The predicted octanol–water partition coefficient (Wildman–Crippen LogP) is 3.97. The van der Waals surface area contributed by atoms with Gasteiger partial charge in [0.1, 0.15) is 11.9 Å². The monoisotopic (exact) mass is 448 g/mol. The Morgan fingerprint density at radius 3 is 2.73 bits per heavy atom. The van der Waals surface area contributed by atoms with Crippen LogP contribution in [0.1, 0.15) is 42.3 Å². The molecule has 1 saturated carbocycles. The Bertz CT molecular complexity index is 1000. The summed E-state index contributed by atoms with van der Waals surface area (Å²) < 4.78 is 18.8. The van der Waals surface area contributed by atoms with Crippen molar-refractivity contribution < 1.29 is 13.9 Å². The zero-order chi connectivity index (χ0) is 21.3. The second-order valence-corrected chi connectivity index (χ2v) is 8.74. The summed E-state index contributed by atoms with van der Waals surface area (Å²) in [5.74, 6) is -0.273. The van der Waals surface area contributed by atoms with Crippen molar-refractivity contribution in [2.45, 2.75) is 37.8 Å². The Morgan fingerprint density at radius 1 is 1.33 bits per heavy atom. The number of carbonyl (C=O) groups is 1. The number of hydrogen-bond acceptors (Lipinski definition) is 7. The number of allylic oxidation sites excluding steroid dienone is 1. The first-order valence-electron chi connectivity index (χ1n) is 9.75. The van der Waals surface area contributed by atoms with Gasteiger partial charge in [0.25, 0.3) is 0 Å². The number of halogens is 2. The van der Waals surface area contributed by atoms with E-state index in [0.717, 1.165) is 31.4 Å². The third kappa shape index (κ3) is 4.12. The number of nitrogens with two attached hydrogens (primary N) is 1. The number of ether oxygens (including phenoxy) is 1. The number of methoxy groups -OCH3 is 1. The third-order valence-electron chi connectivity index (χ3n) is 5.55. The van der Waals surface area contributed by atoms with Gasteiger partial charge >= 0.3 is 5.97 Å². The molecule has 1 aromatic carbocycles. The van der Waals surface area contributed by atoms with Crippen molar-refractivity contribution >= 4 is 34.7 Å². The summed E-state index contributed by atoms with van der Waals surface area (Å²) in [7, 11) is 1.34. The van der Waals surface area contributed by atoms with E-state index in [2.05, 4.69) is 10.3 Å². The lowest BCUT2D eigenvalue weighted by molar-refractivity contribution is -0.136. The van der Waals surface area contributed by atoms with E-state index >= 15 is 0 Å². The fourth-order valence-electron chi connectivity index (χ4n) is 4.03. The maximum Gasteiger partial charge on any atom is 0.338 e. The van der Waals surface area contributed by atoms with Crippen molar-refractivity contribution in [1.82, 2.24) is 10.3 Å². The number of nitrogens with zero attached hydrogens (tertiary/aromatic N) is 2. The predicted molar refractivity (Wildman–Crippen MR) is 115 cm³/mol. The van der Waals surface area contributed by atoms with E-state index in [-0.39, 0.29) is 17.0 Å². The lowest BCUT2D eigenvalue weighted by atomic mass is 9.80. The van der Waals surface area contributed by atoms with Crippen LogP contribution in [0.25, 0.3) is 0 Å². The molecule has 1 aromatic heterocycles. The van der Waals surface area contributed by atoms with Gasteiger partial charge in [0.15, 0.2) is 10.8 Å². The number of hydrogen-bond donors (Lipinski definition) is 2. The summed E-state index contributed by atoms with van der Waals surface area (Å²) >= 11 is 7.81. The molecule has 2 heterocycles. The SMILES string of the molecule is COC(=O)C1=C([C@H]2CC[C@H](N)CC2)NC(c2nccs2)=NC1c1ccc(F)cc1Cl. The molecule has 2 aliphatic rings. The van der Waals surface area contributed by atoms with E-state index in [1.54, 1.807) is 12.3 Å². The van der Waals surface area contributed by atoms with Gasteiger partial charge in [0, 0.05) is 33.9 Å². The number of amidine groups is 1. The molecule has 2 aromatic rings. The standard InChI is InChI=1S/C21H22ClFN4O2S/c1-29-21(28)16-17(11-2-5-13(24)6-3-11)26-19(20-25-8-9-30-20)27-18(16)14-7-4-12(23)10-15(14)22/h4,7-11,13,18H,2-3,5-6,24H2,1H3,(H,26,27)/t11-,13-,18?. The molecule has 1 unspecified atom stereocenters. The molecule has 1 atom stereocenters. The number of carbonyl (C=O) groups excluding carboxylic acids is 1. The van der Waals surface area contributed by atoms with Gasteiger partial charge in [-0.2, -0.15) is 0 Å². The topological polar surface area (TPSA) is 89.6 Å². The van der Waals surface area contributed by atoms with Crippen LogP contribution in [-0.2, 0) is 9.53 Å². The number of nitrogens with one attached hydrogen (secondary N) is 1. The van der Waals surface area contributed by atoms with Gasteiger partial charge < -0.3 is 15.8 Å². The minimum absolute atomic E-state index is 0.103. The van der Waals surface area contributed by atoms with Crippen LogP contribution in [0.15, 0.2) is 46.0 Å². The average Bonchev–Trinajstić information content (AvgIpc) is 3.28. The van der Waals surface area contributed by atoms with E-state index in [1.165, 1.54) is 30.6 Å². The number of aromatic nitrogens is 1. The molecular formula is C21H22ClFN4O2S. The highest BCUT2D eigenvalue weighted by atomic mass is 35.5. The van der Waals surface area contributed by atoms with E-state index in [4.69, 9.17) is 27.1 Å². The summed E-state index contributed by atoms with van der Waals surface area (Å²) in [5.41, 5.74) is 7.79. The van der Waals surface area contributed by atoms with Gasteiger partial charge in [-0.3, -0.25) is 4.99 Å². The van der Waals surface area contributed by atoms with Crippen molar-refractivity contribution in [3.8, 4) is 0 Å². The van der Waals surface area contributed by atoms with Gasteiger partial charge in [-0.25, -0.2) is 14.2 Å². The second kappa shape index (κ2) is 8.83. The van der Waals surface area contributed by atoms with Crippen LogP contribution in [0, 0.1) is 11.7 Å². The van der Waals surface area contributed by atoms with Crippen LogP contribution in [0.2, 0.25) is 5.02 Å². The number of benzene rings is 1. The molecule has 0 spiro atoms. The summed E-state index contributed by atoms with van der Waals surface area (Å²) in [5, 5.41) is 6.12. The lowest BCUT2D eigenvalue weighted by Gasteiger charge is -2.34. The molecule has 0 bridgehead atoms. The minimum atomic E-state index is -0.726. The Morgan fingerprint density at radius 2 is 2.10 bits per heavy atom. The van der Waals surface area contributed by atoms with Gasteiger partial charge in [-0.15, -0.1) is 11.3 Å². The highest BCUT2D eigenvalue weighted by molar-refractivity contribution is 7.11. The first-order valence-corrected chi connectivity index (χ1v) is 11.0. The first-order chi connectivity index (χ1) is 14.5. The van der Waals surface area contributed by atoms with Crippen molar-refractivity contribution in [3.05, 3.63) is 62.5 Å². The number of thiazole rings is 1.